The van der Waals surface area contributed by atoms with Gasteiger partial charge in [-0.15, -0.1) is 5.10 Å². The first-order valence-corrected chi connectivity index (χ1v) is 8.24. The number of esters is 1. The highest BCUT2D eigenvalue weighted by Crippen LogP contribution is 2.34. The van der Waals surface area contributed by atoms with Crippen LogP contribution in [0.1, 0.15) is 17.4 Å². The van der Waals surface area contributed by atoms with E-state index in [0.717, 1.165) is 18.2 Å². The number of hydrogen-bond donors (Lipinski definition) is 1. The van der Waals surface area contributed by atoms with Crippen molar-refractivity contribution in [3.05, 3.63) is 28.9 Å². The minimum Gasteiger partial charge on any atom is -0.461 e. The number of H-pyrrole nitrogens is 1. The molecule has 0 aliphatic carbocycles. The molecular weight excluding hydrogens is 391 g/mol. The second-order valence-electron chi connectivity index (χ2n) is 4.37. The largest absolute Gasteiger partial charge is 0.534 e. The first-order chi connectivity index (χ1) is 11.6. The van der Waals surface area contributed by atoms with Crippen molar-refractivity contribution in [2.45, 2.75) is 12.4 Å². The Balaban J connectivity index is 2.36. The maximum Gasteiger partial charge on any atom is 0.534 e. The molecule has 136 valence electrons. The molecule has 1 aromatic carbocycles. The van der Waals surface area contributed by atoms with Gasteiger partial charge in [0.2, 0.25) is 0 Å². The van der Waals surface area contributed by atoms with E-state index in [1.165, 1.54) is 0 Å². The van der Waals surface area contributed by atoms with Gasteiger partial charge in [0.25, 0.3) is 0 Å². The van der Waals surface area contributed by atoms with Gasteiger partial charge in [-0.2, -0.15) is 31.9 Å². The number of aromatic amines is 1. The van der Waals surface area contributed by atoms with Crippen LogP contribution in [0, 0.1) is 0 Å². The Labute approximate surface area is 144 Å². The number of carbonyl (C=O) groups excluding carboxylic acids is 1. The second kappa shape index (κ2) is 6.88. The Kier molecular flexibility index (Phi) is 5.23. The number of nitrogens with zero attached hydrogens (tertiary/aromatic N) is 2. The summed E-state index contributed by atoms with van der Waals surface area (Å²) in [5.74, 6) is -1.51. The van der Waals surface area contributed by atoms with Crippen LogP contribution in [0.4, 0.5) is 13.2 Å². The fourth-order valence-electron chi connectivity index (χ4n) is 1.66. The molecule has 1 N–H and O–H groups in total. The number of halogens is 4. The highest BCUT2D eigenvalue weighted by molar-refractivity contribution is 7.88. The maximum absolute atomic E-state index is 12.3. The molecule has 25 heavy (non-hydrogen) atoms. The van der Waals surface area contributed by atoms with E-state index < -0.39 is 32.4 Å². The van der Waals surface area contributed by atoms with Gasteiger partial charge < -0.3 is 8.92 Å². The molecule has 0 spiro atoms. The van der Waals surface area contributed by atoms with Gasteiger partial charge in [-0.05, 0) is 25.1 Å². The third kappa shape index (κ3) is 4.02. The molecule has 0 aliphatic heterocycles. The van der Waals surface area contributed by atoms with Crippen molar-refractivity contribution >= 4 is 27.7 Å². The van der Waals surface area contributed by atoms with Crippen LogP contribution in [-0.4, -0.2) is 41.9 Å². The lowest BCUT2D eigenvalue weighted by Crippen LogP contribution is -2.28. The van der Waals surface area contributed by atoms with E-state index in [4.69, 9.17) is 16.3 Å². The molecule has 0 saturated heterocycles. The average molecular weight is 400 g/mol. The normalized spacial score (nSPS) is 12.0. The van der Waals surface area contributed by atoms with Gasteiger partial charge in [-0.3, -0.25) is 0 Å². The lowest BCUT2D eigenvalue weighted by Gasteiger charge is -2.11. The number of ether oxygens (including phenoxy) is 1. The molecule has 0 radical (unpaired) electrons. The molecule has 1 aromatic heterocycles. The summed E-state index contributed by atoms with van der Waals surface area (Å²) < 4.78 is 67.8. The highest BCUT2D eigenvalue weighted by atomic mass is 35.5. The van der Waals surface area contributed by atoms with Crippen LogP contribution < -0.4 is 4.18 Å². The van der Waals surface area contributed by atoms with Crippen LogP contribution in [-0.2, 0) is 14.9 Å². The molecule has 2 rings (SSSR count). The van der Waals surface area contributed by atoms with E-state index in [2.05, 4.69) is 19.6 Å². The van der Waals surface area contributed by atoms with Crippen LogP contribution in [0.5, 0.6) is 5.75 Å². The summed E-state index contributed by atoms with van der Waals surface area (Å²) in [5, 5.41) is 9.13. The number of hydrogen-bond acceptors (Lipinski definition) is 7. The Morgan fingerprint density at radius 1 is 1.32 bits per heavy atom. The fraction of sp³-hybridized carbons (Fsp3) is 0.250. The van der Waals surface area contributed by atoms with E-state index in [1.54, 1.807) is 6.92 Å². The van der Waals surface area contributed by atoms with Gasteiger partial charge in [0, 0.05) is 5.56 Å². The predicted molar refractivity (Wildman–Crippen MR) is 78.4 cm³/mol. The number of nitrogens with one attached hydrogen (secondary N) is 1. The molecule has 0 unspecified atom stereocenters. The van der Waals surface area contributed by atoms with Crippen LogP contribution in [0.25, 0.3) is 11.3 Å². The third-order valence-electron chi connectivity index (χ3n) is 2.70. The molecule has 1 heterocycles. The summed E-state index contributed by atoms with van der Waals surface area (Å²) >= 11 is 5.76. The highest BCUT2D eigenvalue weighted by Gasteiger charge is 2.48. The summed E-state index contributed by atoms with van der Waals surface area (Å²) in [4.78, 5) is 11.7. The minimum absolute atomic E-state index is 0.0191. The smallest absolute Gasteiger partial charge is 0.461 e. The summed E-state index contributed by atoms with van der Waals surface area (Å²) in [6, 6.07) is 3.13. The molecule has 0 bridgehead atoms. The van der Waals surface area contributed by atoms with Gasteiger partial charge in [0.05, 0.1) is 11.6 Å². The van der Waals surface area contributed by atoms with Crippen molar-refractivity contribution in [3.63, 3.8) is 0 Å². The standard InChI is InChI=1S/C12H9ClF3N3O5S/c1-2-23-11(20)10-9(17-19-18-10)6-3-4-8(7(13)5-6)24-25(21,22)12(14,15)16/h3-5H,2H2,1H3,(H,17,18,19). The molecule has 13 heteroatoms. The average Bonchev–Trinajstić information content (AvgIpc) is 2.98. The van der Waals surface area contributed by atoms with Gasteiger partial charge in [0.15, 0.2) is 11.4 Å². The summed E-state index contributed by atoms with van der Waals surface area (Å²) in [7, 11) is -5.86. The monoisotopic (exact) mass is 399 g/mol. The number of carbonyl (C=O) groups is 1. The van der Waals surface area contributed by atoms with Crippen LogP contribution in [0.3, 0.4) is 0 Å². The van der Waals surface area contributed by atoms with Crippen molar-refractivity contribution in [1.82, 2.24) is 15.4 Å². The predicted octanol–water partition coefficient (Wildman–Crippen LogP) is 2.53. The summed E-state index contributed by atoms with van der Waals surface area (Å²) in [6.45, 7) is 1.68. The maximum atomic E-state index is 12.3. The van der Waals surface area contributed by atoms with Gasteiger partial charge >= 0.3 is 21.6 Å². The molecule has 8 nitrogen and oxygen atoms in total. The zero-order valence-electron chi connectivity index (χ0n) is 12.3. The lowest BCUT2D eigenvalue weighted by molar-refractivity contribution is -0.0500. The van der Waals surface area contributed by atoms with Gasteiger partial charge in [0.1, 0.15) is 5.69 Å². The van der Waals surface area contributed by atoms with Crippen molar-refractivity contribution in [3.8, 4) is 17.0 Å². The van der Waals surface area contributed by atoms with Crippen molar-refractivity contribution in [2.24, 2.45) is 0 Å². The molecule has 0 aliphatic rings. The minimum atomic E-state index is -5.86. The third-order valence-corrected chi connectivity index (χ3v) is 3.97. The number of aromatic nitrogens is 3. The SMILES string of the molecule is CCOC(=O)c1n[nH]nc1-c1ccc(OS(=O)(=O)C(F)(F)F)c(Cl)c1. The number of rotatable bonds is 5. The first kappa shape index (κ1) is 19.0. The van der Waals surface area contributed by atoms with Crippen molar-refractivity contribution in [1.29, 1.82) is 0 Å². The molecule has 0 saturated carbocycles. The Morgan fingerprint density at radius 2 is 2.00 bits per heavy atom. The fourth-order valence-corrected chi connectivity index (χ4v) is 2.40. The van der Waals surface area contributed by atoms with Gasteiger partial charge in [-0.25, -0.2) is 4.79 Å². The lowest BCUT2D eigenvalue weighted by atomic mass is 10.1. The van der Waals surface area contributed by atoms with E-state index in [0.29, 0.717) is 0 Å². The second-order valence-corrected chi connectivity index (χ2v) is 6.31. The van der Waals surface area contributed by atoms with E-state index in [1.807, 2.05) is 0 Å². The number of alkyl halides is 3. The summed E-state index contributed by atoms with van der Waals surface area (Å²) in [6.07, 6.45) is 0. The van der Waals surface area contributed by atoms with E-state index in [9.17, 15) is 26.4 Å². The molecule has 2 aromatic rings. The quantitative estimate of drug-likeness (QED) is 0.467. The zero-order valence-corrected chi connectivity index (χ0v) is 13.9. The first-order valence-electron chi connectivity index (χ1n) is 6.45. The molecule has 0 fully saturated rings. The molecule has 0 amide bonds. The Bertz CT molecular complexity index is 898. The van der Waals surface area contributed by atoms with E-state index in [-0.39, 0.29) is 23.6 Å². The van der Waals surface area contributed by atoms with Crippen LogP contribution in [0.15, 0.2) is 18.2 Å². The van der Waals surface area contributed by atoms with E-state index >= 15 is 0 Å². The Hall–Kier alpha value is -2.34. The van der Waals surface area contributed by atoms with Gasteiger partial charge in [-0.1, -0.05) is 11.6 Å². The van der Waals surface area contributed by atoms with Crippen molar-refractivity contribution < 1.29 is 35.3 Å². The topological polar surface area (TPSA) is 111 Å². The molecule has 0 atom stereocenters. The molecular formula is C12H9ClF3N3O5S. The van der Waals surface area contributed by atoms with Crippen molar-refractivity contribution in [2.75, 3.05) is 6.61 Å². The van der Waals surface area contributed by atoms with Crippen LogP contribution >= 0.6 is 11.6 Å². The summed E-state index contributed by atoms with van der Waals surface area (Å²) in [5.41, 5.74) is -5.57. The number of benzene rings is 1. The van der Waals surface area contributed by atoms with Crippen LogP contribution in [0.2, 0.25) is 5.02 Å². The Morgan fingerprint density at radius 3 is 2.56 bits per heavy atom. The zero-order chi connectivity index (χ0) is 18.8.